The van der Waals surface area contributed by atoms with Gasteiger partial charge in [-0.05, 0) is 30.0 Å². The van der Waals surface area contributed by atoms with Crippen LogP contribution in [0.4, 0.5) is 5.69 Å². The lowest BCUT2D eigenvalue weighted by atomic mass is 10.0. The molecule has 0 fully saturated rings. The van der Waals surface area contributed by atoms with E-state index in [1.165, 1.54) is 75.3 Å². The number of benzene rings is 1. The number of carbonyl (C=O) groups is 1. The van der Waals surface area contributed by atoms with Crippen LogP contribution in [0.25, 0.3) is 0 Å². The highest BCUT2D eigenvalue weighted by Gasteiger charge is 2.17. The fourth-order valence-electron chi connectivity index (χ4n) is 3.25. The van der Waals surface area contributed by atoms with E-state index in [4.69, 9.17) is 0 Å². The van der Waals surface area contributed by atoms with Crippen LogP contribution in [0.15, 0.2) is 18.2 Å². The van der Waals surface area contributed by atoms with Crippen molar-refractivity contribution in [2.45, 2.75) is 84.0 Å². The highest BCUT2D eigenvalue weighted by molar-refractivity contribution is 5.99. The standard InChI is InChI=1S/C20H31NO/c1-2-3-4-5-6-7-8-9-10-11-12-17-13-14-19-18(15-17)16-20(22)21-19/h13-15H,2-12,16H2,1H3,(H,21,22). The van der Waals surface area contributed by atoms with Crippen molar-refractivity contribution in [2.75, 3.05) is 5.32 Å². The smallest absolute Gasteiger partial charge is 0.228 e. The Bertz CT molecular complexity index is 467. The first-order chi connectivity index (χ1) is 10.8. The number of fused-ring (bicyclic) bond motifs is 1. The molecule has 122 valence electrons. The molecule has 2 nitrogen and oxygen atoms in total. The van der Waals surface area contributed by atoms with Gasteiger partial charge in [-0.3, -0.25) is 4.79 Å². The zero-order valence-corrected chi connectivity index (χ0v) is 14.1. The van der Waals surface area contributed by atoms with E-state index in [9.17, 15) is 4.79 Å². The molecule has 0 unspecified atom stereocenters. The maximum absolute atomic E-state index is 11.3. The van der Waals surface area contributed by atoms with Gasteiger partial charge in [0.2, 0.25) is 5.91 Å². The van der Waals surface area contributed by atoms with Crippen molar-refractivity contribution < 1.29 is 4.79 Å². The molecule has 0 aromatic heterocycles. The van der Waals surface area contributed by atoms with Crippen LogP contribution in [0.3, 0.4) is 0 Å². The Morgan fingerprint density at radius 2 is 1.55 bits per heavy atom. The molecule has 1 aromatic carbocycles. The first-order valence-corrected chi connectivity index (χ1v) is 9.21. The highest BCUT2D eigenvalue weighted by atomic mass is 16.1. The van der Waals surface area contributed by atoms with E-state index < -0.39 is 0 Å². The molecule has 1 heterocycles. The molecule has 0 aliphatic carbocycles. The van der Waals surface area contributed by atoms with Gasteiger partial charge in [-0.25, -0.2) is 0 Å². The summed E-state index contributed by atoms with van der Waals surface area (Å²) in [6.45, 7) is 2.27. The van der Waals surface area contributed by atoms with E-state index in [-0.39, 0.29) is 5.91 Å². The molecule has 0 radical (unpaired) electrons. The zero-order chi connectivity index (χ0) is 15.6. The SMILES string of the molecule is CCCCCCCCCCCCc1ccc2c(c1)CC(=O)N2. The second kappa shape index (κ2) is 9.66. The molecule has 2 heteroatoms. The summed E-state index contributed by atoms with van der Waals surface area (Å²) in [6, 6.07) is 6.44. The lowest BCUT2D eigenvalue weighted by Gasteiger charge is -2.05. The van der Waals surface area contributed by atoms with E-state index in [1.54, 1.807) is 0 Å². The van der Waals surface area contributed by atoms with Crippen molar-refractivity contribution in [2.24, 2.45) is 0 Å². The minimum atomic E-state index is 0.131. The average molecular weight is 301 g/mol. The van der Waals surface area contributed by atoms with Gasteiger partial charge in [0.15, 0.2) is 0 Å². The minimum absolute atomic E-state index is 0.131. The van der Waals surface area contributed by atoms with Gasteiger partial charge in [0.05, 0.1) is 6.42 Å². The summed E-state index contributed by atoms with van der Waals surface area (Å²) in [5.41, 5.74) is 3.57. The first kappa shape index (κ1) is 17.1. The predicted molar refractivity (Wildman–Crippen MR) is 94.3 cm³/mol. The Morgan fingerprint density at radius 1 is 0.909 bits per heavy atom. The minimum Gasteiger partial charge on any atom is -0.326 e. The van der Waals surface area contributed by atoms with E-state index in [0.29, 0.717) is 6.42 Å². The number of aryl methyl sites for hydroxylation is 1. The van der Waals surface area contributed by atoms with Crippen molar-refractivity contribution in [1.82, 2.24) is 0 Å². The second-order valence-electron chi connectivity index (χ2n) is 6.65. The third-order valence-electron chi connectivity index (χ3n) is 4.61. The summed E-state index contributed by atoms with van der Waals surface area (Å²) in [4.78, 5) is 11.3. The number of carbonyl (C=O) groups excluding carboxylic acids is 1. The van der Waals surface area contributed by atoms with Crippen LogP contribution >= 0.6 is 0 Å². The zero-order valence-electron chi connectivity index (χ0n) is 14.1. The van der Waals surface area contributed by atoms with Crippen LogP contribution in [0.1, 0.15) is 82.3 Å². The fraction of sp³-hybridized carbons (Fsp3) is 0.650. The Morgan fingerprint density at radius 3 is 2.23 bits per heavy atom. The Kier molecular flexibility index (Phi) is 7.48. The van der Waals surface area contributed by atoms with Gasteiger partial charge in [0, 0.05) is 5.69 Å². The summed E-state index contributed by atoms with van der Waals surface area (Å²) in [5.74, 6) is 0.131. The third-order valence-corrected chi connectivity index (χ3v) is 4.61. The molecule has 1 aliphatic heterocycles. The van der Waals surface area contributed by atoms with E-state index >= 15 is 0 Å². The second-order valence-corrected chi connectivity index (χ2v) is 6.65. The monoisotopic (exact) mass is 301 g/mol. The van der Waals surface area contributed by atoms with Gasteiger partial charge in [0.25, 0.3) is 0 Å². The summed E-state index contributed by atoms with van der Waals surface area (Å²) in [7, 11) is 0. The number of unbranched alkanes of at least 4 members (excludes halogenated alkanes) is 9. The van der Waals surface area contributed by atoms with Crippen molar-refractivity contribution in [3.05, 3.63) is 29.3 Å². The van der Waals surface area contributed by atoms with Crippen molar-refractivity contribution >= 4 is 11.6 Å². The number of nitrogens with one attached hydrogen (secondary N) is 1. The average Bonchev–Trinajstić information content (AvgIpc) is 2.88. The van der Waals surface area contributed by atoms with Gasteiger partial charge in [-0.2, -0.15) is 0 Å². The number of anilines is 1. The van der Waals surface area contributed by atoms with Gasteiger partial charge < -0.3 is 5.32 Å². The van der Waals surface area contributed by atoms with Gasteiger partial charge >= 0.3 is 0 Å². The maximum Gasteiger partial charge on any atom is 0.228 e. The van der Waals surface area contributed by atoms with Crippen molar-refractivity contribution in [3.63, 3.8) is 0 Å². The molecular weight excluding hydrogens is 270 g/mol. The number of hydrogen-bond acceptors (Lipinski definition) is 1. The molecule has 0 bridgehead atoms. The van der Waals surface area contributed by atoms with Crippen molar-refractivity contribution in [1.29, 1.82) is 0 Å². The summed E-state index contributed by atoms with van der Waals surface area (Å²) >= 11 is 0. The first-order valence-electron chi connectivity index (χ1n) is 9.21. The van der Waals surface area contributed by atoms with Gasteiger partial charge in [-0.15, -0.1) is 0 Å². The molecule has 1 amide bonds. The van der Waals surface area contributed by atoms with E-state index in [0.717, 1.165) is 12.1 Å². The van der Waals surface area contributed by atoms with E-state index in [1.807, 2.05) is 0 Å². The summed E-state index contributed by atoms with van der Waals surface area (Å²) < 4.78 is 0. The van der Waals surface area contributed by atoms with Crippen LogP contribution in [-0.2, 0) is 17.6 Å². The summed E-state index contributed by atoms with van der Waals surface area (Å²) in [6.07, 6.45) is 15.5. The number of hydrogen-bond donors (Lipinski definition) is 1. The van der Waals surface area contributed by atoms with Crippen molar-refractivity contribution in [3.8, 4) is 0 Å². The van der Waals surface area contributed by atoms with Crippen LogP contribution in [0.2, 0.25) is 0 Å². The van der Waals surface area contributed by atoms with Crippen LogP contribution in [-0.4, -0.2) is 5.91 Å². The molecule has 1 aliphatic rings. The van der Waals surface area contributed by atoms with Crippen LogP contribution in [0.5, 0.6) is 0 Å². The predicted octanol–water partition coefficient (Wildman–Crippen LogP) is 5.64. The molecule has 1 aromatic rings. The molecular formula is C20H31NO. The Balaban J connectivity index is 1.51. The van der Waals surface area contributed by atoms with Gasteiger partial charge in [-0.1, -0.05) is 76.8 Å². The molecule has 0 saturated heterocycles. The normalized spacial score (nSPS) is 13.2. The Hall–Kier alpha value is -1.31. The molecule has 2 rings (SSSR count). The number of amides is 1. The third kappa shape index (κ3) is 5.82. The van der Waals surface area contributed by atoms with E-state index in [2.05, 4.69) is 30.4 Å². The lowest BCUT2D eigenvalue weighted by Crippen LogP contribution is -2.03. The quantitative estimate of drug-likeness (QED) is 0.526. The Labute approximate surface area is 135 Å². The number of rotatable bonds is 11. The largest absolute Gasteiger partial charge is 0.326 e. The molecule has 0 spiro atoms. The molecule has 0 saturated carbocycles. The molecule has 0 atom stereocenters. The lowest BCUT2D eigenvalue weighted by molar-refractivity contribution is -0.115. The maximum atomic E-state index is 11.3. The summed E-state index contributed by atoms with van der Waals surface area (Å²) in [5, 5.41) is 2.89. The van der Waals surface area contributed by atoms with Gasteiger partial charge in [0.1, 0.15) is 0 Å². The fourth-order valence-corrected chi connectivity index (χ4v) is 3.25. The molecule has 1 N–H and O–H groups in total. The van der Waals surface area contributed by atoms with Crippen LogP contribution < -0.4 is 5.32 Å². The highest BCUT2D eigenvalue weighted by Crippen LogP contribution is 2.24. The topological polar surface area (TPSA) is 29.1 Å². The molecule has 22 heavy (non-hydrogen) atoms. The van der Waals surface area contributed by atoms with Crippen LogP contribution in [0, 0.1) is 0 Å².